The average molecular weight is 261 g/mol. The van der Waals surface area contributed by atoms with E-state index < -0.39 is 0 Å². The van der Waals surface area contributed by atoms with Crippen LogP contribution in [0, 0.1) is 0 Å². The van der Waals surface area contributed by atoms with Gasteiger partial charge in [-0.3, -0.25) is 4.98 Å². The quantitative estimate of drug-likeness (QED) is 0.727. The van der Waals surface area contributed by atoms with E-state index in [4.69, 9.17) is 0 Å². The standard InChI is InChI=1S/C19H19N/c1-14(2)15-9-10-17-13-18(7-5-6-16(17)12-15)19-8-3-4-11-20-19/h3-6,8-14H,7H2,1-2H3. The van der Waals surface area contributed by atoms with Gasteiger partial charge in [0.05, 0.1) is 5.69 Å². The molecule has 1 aliphatic carbocycles. The summed E-state index contributed by atoms with van der Waals surface area (Å²) in [6.45, 7) is 4.47. The number of nitrogens with zero attached hydrogens (tertiary/aromatic N) is 1. The molecule has 1 aromatic heterocycles. The van der Waals surface area contributed by atoms with Crippen LogP contribution in [0.2, 0.25) is 0 Å². The van der Waals surface area contributed by atoms with Crippen LogP contribution in [0.4, 0.5) is 0 Å². The maximum atomic E-state index is 4.46. The maximum Gasteiger partial charge on any atom is 0.0664 e. The summed E-state index contributed by atoms with van der Waals surface area (Å²) in [5.41, 5.74) is 6.32. The van der Waals surface area contributed by atoms with Crippen LogP contribution < -0.4 is 0 Å². The largest absolute Gasteiger partial charge is 0.257 e. The first-order valence-electron chi connectivity index (χ1n) is 7.16. The zero-order valence-corrected chi connectivity index (χ0v) is 12.0. The Hall–Kier alpha value is -2.15. The smallest absolute Gasteiger partial charge is 0.0664 e. The summed E-state index contributed by atoms with van der Waals surface area (Å²) in [6, 6.07) is 12.8. The Kier molecular flexibility index (Phi) is 3.51. The second-order valence-electron chi connectivity index (χ2n) is 5.53. The lowest BCUT2D eigenvalue weighted by Gasteiger charge is -2.09. The van der Waals surface area contributed by atoms with E-state index in [1.54, 1.807) is 0 Å². The van der Waals surface area contributed by atoms with Crippen molar-refractivity contribution in [1.82, 2.24) is 4.98 Å². The van der Waals surface area contributed by atoms with Gasteiger partial charge in [0.25, 0.3) is 0 Å². The Balaban J connectivity index is 2.05. The highest BCUT2D eigenvalue weighted by atomic mass is 14.7. The Morgan fingerprint density at radius 1 is 1.05 bits per heavy atom. The van der Waals surface area contributed by atoms with E-state index in [-0.39, 0.29) is 0 Å². The van der Waals surface area contributed by atoms with Crippen molar-refractivity contribution >= 4 is 17.7 Å². The normalized spacial score (nSPS) is 13.8. The number of allylic oxidation sites excluding steroid dienone is 2. The molecule has 1 aromatic carbocycles. The molecule has 2 aromatic rings. The number of rotatable bonds is 2. The molecule has 1 aliphatic rings. The monoisotopic (exact) mass is 261 g/mol. The minimum Gasteiger partial charge on any atom is -0.257 e. The van der Waals surface area contributed by atoms with Gasteiger partial charge in [-0.1, -0.05) is 50.3 Å². The molecule has 1 nitrogen and oxygen atoms in total. The number of benzene rings is 1. The first-order chi connectivity index (χ1) is 9.74. The molecule has 0 saturated heterocycles. The lowest BCUT2D eigenvalue weighted by Crippen LogP contribution is -1.90. The molecule has 0 N–H and O–H groups in total. The van der Waals surface area contributed by atoms with E-state index in [1.165, 1.54) is 22.3 Å². The number of hydrogen-bond donors (Lipinski definition) is 0. The number of fused-ring (bicyclic) bond motifs is 1. The Labute approximate surface area is 120 Å². The number of hydrogen-bond acceptors (Lipinski definition) is 1. The first kappa shape index (κ1) is 12.9. The van der Waals surface area contributed by atoms with Crippen LogP contribution >= 0.6 is 0 Å². The van der Waals surface area contributed by atoms with Crippen LogP contribution in [0.15, 0.2) is 48.7 Å². The Bertz CT molecular complexity index is 663. The predicted molar refractivity (Wildman–Crippen MR) is 86.3 cm³/mol. The molecule has 20 heavy (non-hydrogen) atoms. The van der Waals surface area contributed by atoms with Crippen LogP contribution in [0.5, 0.6) is 0 Å². The molecule has 0 fully saturated rings. The highest BCUT2D eigenvalue weighted by Gasteiger charge is 2.09. The molecule has 1 heteroatoms. The molecule has 3 rings (SSSR count). The summed E-state index contributed by atoms with van der Waals surface area (Å²) in [4.78, 5) is 4.46. The number of aromatic nitrogens is 1. The molecule has 0 amide bonds. The molecule has 0 radical (unpaired) electrons. The topological polar surface area (TPSA) is 12.9 Å². The van der Waals surface area contributed by atoms with Gasteiger partial charge in [-0.2, -0.15) is 0 Å². The minimum atomic E-state index is 0.566. The lowest BCUT2D eigenvalue weighted by molar-refractivity contribution is 0.866. The van der Waals surface area contributed by atoms with Crippen molar-refractivity contribution in [2.45, 2.75) is 26.2 Å². The number of pyridine rings is 1. The van der Waals surface area contributed by atoms with Gasteiger partial charge in [-0.05, 0) is 52.8 Å². The van der Waals surface area contributed by atoms with Gasteiger partial charge < -0.3 is 0 Å². The van der Waals surface area contributed by atoms with Crippen molar-refractivity contribution in [2.24, 2.45) is 0 Å². The van der Waals surface area contributed by atoms with Gasteiger partial charge in [-0.25, -0.2) is 0 Å². The van der Waals surface area contributed by atoms with Gasteiger partial charge in [0.15, 0.2) is 0 Å². The fourth-order valence-electron chi connectivity index (χ4n) is 2.52. The highest BCUT2D eigenvalue weighted by Crippen LogP contribution is 2.28. The van der Waals surface area contributed by atoms with Crippen LogP contribution in [0.25, 0.3) is 17.7 Å². The average Bonchev–Trinajstić information content (AvgIpc) is 2.69. The van der Waals surface area contributed by atoms with E-state index in [0.29, 0.717) is 5.92 Å². The molecule has 0 saturated carbocycles. The predicted octanol–water partition coefficient (Wildman–Crippen LogP) is 5.16. The summed E-state index contributed by atoms with van der Waals surface area (Å²) >= 11 is 0. The third-order valence-corrected chi connectivity index (χ3v) is 3.74. The van der Waals surface area contributed by atoms with Crippen molar-refractivity contribution < 1.29 is 0 Å². The second kappa shape index (κ2) is 5.46. The third-order valence-electron chi connectivity index (χ3n) is 3.74. The van der Waals surface area contributed by atoms with Gasteiger partial charge >= 0.3 is 0 Å². The van der Waals surface area contributed by atoms with Crippen molar-refractivity contribution in [2.75, 3.05) is 0 Å². The van der Waals surface area contributed by atoms with Crippen LogP contribution in [0.1, 0.15) is 48.6 Å². The lowest BCUT2D eigenvalue weighted by atomic mass is 9.96. The van der Waals surface area contributed by atoms with Crippen molar-refractivity contribution in [3.05, 3.63) is 71.1 Å². The second-order valence-corrected chi connectivity index (χ2v) is 5.53. The van der Waals surface area contributed by atoms with Gasteiger partial charge in [-0.15, -0.1) is 0 Å². The van der Waals surface area contributed by atoms with Crippen LogP contribution in [-0.4, -0.2) is 4.98 Å². The van der Waals surface area contributed by atoms with Gasteiger partial charge in [0, 0.05) is 6.20 Å². The molecule has 0 spiro atoms. The van der Waals surface area contributed by atoms with Crippen molar-refractivity contribution in [3.8, 4) is 0 Å². The fourth-order valence-corrected chi connectivity index (χ4v) is 2.52. The van der Waals surface area contributed by atoms with Gasteiger partial charge in [0.2, 0.25) is 0 Å². The van der Waals surface area contributed by atoms with Crippen LogP contribution in [0.3, 0.4) is 0 Å². The molecule has 0 aliphatic heterocycles. The molecule has 0 bridgehead atoms. The van der Waals surface area contributed by atoms with Gasteiger partial charge in [0.1, 0.15) is 0 Å². The molecule has 100 valence electrons. The molecular weight excluding hydrogens is 242 g/mol. The summed E-state index contributed by atoms with van der Waals surface area (Å²) in [5, 5.41) is 0. The fraction of sp³-hybridized carbons (Fsp3) is 0.211. The SMILES string of the molecule is CC(C)c1ccc2c(c1)C=CCC(c1ccccn1)=C2. The third kappa shape index (κ3) is 2.57. The molecule has 1 heterocycles. The highest BCUT2D eigenvalue weighted by molar-refractivity contribution is 5.86. The first-order valence-corrected chi connectivity index (χ1v) is 7.16. The van der Waals surface area contributed by atoms with E-state index in [0.717, 1.165) is 12.1 Å². The zero-order chi connectivity index (χ0) is 13.9. The Morgan fingerprint density at radius 3 is 2.70 bits per heavy atom. The summed E-state index contributed by atoms with van der Waals surface area (Å²) in [7, 11) is 0. The van der Waals surface area contributed by atoms with Crippen molar-refractivity contribution in [3.63, 3.8) is 0 Å². The Morgan fingerprint density at radius 2 is 1.95 bits per heavy atom. The summed E-state index contributed by atoms with van der Waals surface area (Å²) in [5.74, 6) is 0.566. The minimum absolute atomic E-state index is 0.566. The van der Waals surface area contributed by atoms with E-state index in [9.17, 15) is 0 Å². The van der Waals surface area contributed by atoms with E-state index >= 15 is 0 Å². The summed E-state index contributed by atoms with van der Waals surface area (Å²) < 4.78 is 0. The zero-order valence-electron chi connectivity index (χ0n) is 12.0. The maximum absolute atomic E-state index is 4.46. The summed E-state index contributed by atoms with van der Waals surface area (Å²) in [6.07, 6.45) is 9.52. The van der Waals surface area contributed by atoms with Crippen molar-refractivity contribution in [1.29, 1.82) is 0 Å². The van der Waals surface area contributed by atoms with Crippen LogP contribution in [-0.2, 0) is 0 Å². The van der Waals surface area contributed by atoms with E-state index in [1.807, 2.05) is 18.3 Å². The molecule has 0 atom stereocenters. The molecule has 0 unspecified atom stereocenters. The molecular formula is C19H19N. The van der Waals surface area contributed by atoms with E-state index in [2.05, 4.69) is 61.3 Å².